The summed E-state index contributed by atoms with van der Waals surface area (Å²) in [4.78, 5) is 10.9. The summed E-state index contributed by atoms with van der Waals surface area (Å²) in [5.41, 5.74) is 0. The van der Waals surface area contributed by atoms with E-state index in [2.05, 4.69) is 10.6 Å². The van der Waals surface area contributed by atoms with Crippen molar-refractivity contribution in [1.82, 2.24) is 10.6 Å². The van der Waals surface area contributed by atoms with Gasteiger partial charge in [-0.05, 0) is 31.8 Å². The average Bonchev–Trinajstić information content (AvgIpc) is 2.57. The van der Waals surface area contributed by atoms with Crippen molar-refractivity contribution in [3.63, 3.8) is 0 Å². The molecule has 1 saturated heterocycles. The number of hydrogen-bond acceptors (Lipinski definition) is 4. The van der Waals surface area contributed by atoms with Crippen molar-refractivity contribution in [2.24, 2.45) is 5.92 Å². The summed E-state index contributed by atoms with van der Waals surface area (Å²) in [6, 6.07) is 0. The quantitative estimate of drug-likeness (QED) is 0.624. The van der Waals surface area contributed by atoms with Gasteiger partial charge in [0.05, 0.1) is 11.5 Å². The smallest absolute Gasteiger partial charge is 0.219 e. The van der Waals surface area contributed by atoms with Crippen molar-refractivity contribution in [2.45, 2.75) is 19.3 Å². The van der Waals surface area contributed by atoms with Gasteiger partial charge in [0.1, 0.15) is 0 Å². The monoisotopic (exact) mass is 248 g/mol. The van der Waals surface area contributed by atoms with Crippen LogP contribution in [0, 0.1) is 5.92 Å². The second-order valence-corrected chi connectivity index (χ2v) is 6.48. The molecule has 16 heavy (non-hydrogen) atoms. The topological polar surface area (TPSA) is 75.3 Å². The third-order valence-electron chi connectivity index (χ3n) is 2.80. The molecule has 6 heteroatoms. The fourth-order valence-electron chi connectivity index (χ4n) is 1.84. The Hall–Kier alpha value is -0.620. The van der Waals surface area contributed by atoms with Gasteiger partial charge >= 0.3 is 0 Å². The molecule has 0 aromatic heterocycles. The molecule has 0 aromatic rings. The molecule has 1 amide bonds. The van der Waals surface area contributed by atoms with Crippen molar-refractivity contribution < 1.29 is 13.2 Å². The zero-order valence-corrected chi connectivity index (χ0v) is 10.5. The fourth-order valence-corrected chi connectivity index (χ4v) is 3.70. The van der Waals surface area contributed by atoms with Crippen LogP contribution in [-0.4, -0.2) is 46.0 Å². The predicted molar refractivity (Wildman–Crippen MR) is 62.9 cm³/mol. The van der Waals surface area contributed by atoms with Gasteiger partial charge in [-0.3, -0.25) is 4.79 Å². The largest absolute Gasteiger partial charge is 0.359 e. The Morgan fingerprint density at radius 3 is 2.75 bits per heavy atom. The SMILES string of the molecule is CNC(=O)CCCNCC1CCS(=O)(=O)C1. The van der Waals surface area contributed by atoms with Crippen LogP contribution in [0.15, 0.2) is 0 Å². The second kappa shape index (κ2) is 6.20. The van der Waals surface area contributed by atoms with E-state index in [9.17, 15) is 13.2 Å². The highest BCUT2D eigenvalue weighted by Crippen LogP contribution is 2.17. The number of carbonyl (C=O) groups is 1. The number of amides is 1. The lowest BCUT2D eigenvalue weighted by Crippen LogP contribution is -2.26. The molecule has 1 aliphatic rings. The highest BCUT2D eigenvalue weighted by molar-refractivity contribution is 7.91. The van der Waals surface area contributed by atoms with Crippen LogP contribution in [0.4, 0.5) is 0 Å². The Morgan fingerprint density at radius 2 is 2.19 bits per heavy atom. The predicted octanol–water partition coefficient (Wildman–Crippen LogP) is -0.463. The van der Waals surface area contributed by atoms with E-state index in [0.29, 0.717) is 17.9 Å². The molecule has 1 atom stereocenters. The van der Waals surface area contributed by atoms with Crippen LogP contribution >= 0.6 is 0 Å². The van der Waals surface area contributed by atoms with E-state index in [1.54, 1.807) is 7.05 Å². The van der Waals surface area contributed by atoms with E-state index in [-0.39, 0.29) is 11.8 Å². The minimum atomic E-state index is -2.76. The minimum Gasteiger partial charge on any atom is -0.359 e. The van der Waals surface area contributed by atoms with Gasteiger partial charge in [0.15, 0.2) is 9.84 Å². The van der Waals surface area contributed by atoms with Gasteiger partial charge in [-0.15, -0.1) is 0 Å². The van der Waals surface area contributed by atoms with Crippen molar-refractivity contribution in [1.29, 1.82) is 0 Å². The first-order valence-electron chi connectivity index (χ1n) is 5.65. The van der Waals surface area contributed by atoms with Crippen LogP contribution in [0.5, 0.6) is 0 Å². The molecule has 5 nitrogen and oxygen atoms in total. The summed E-state index contributed by atoms with van der Waals surface area (Å²) >= 11 is 0. The number of nitrogens with one attached hydrogen (secondary N) is 2. The molecule has 1 rings (SSSR count). The van der Waals surface area contributed by atoms with Crippen LogP contribution in [0.25, 0.3) is 0 Å². The van der Waals surface area contributed by atoms with Gasteiger partial charge in [0.2, 0.25) is 5.91 Å². The molecule has 0 radical (unpaired) electrons. The Labute approximate surface area is 96.9 Å². The summed E-state index contributed by atoms with van der Waals surface area (Å²) in [6.07, 6.45) is 2.08. The van der Waals surface area contributed by atoms with Crippen LogP contribution in [0.3, 0.4) is 0 Å². The average molecular weight is 248 g/mol. The lowest BCUT2D eigenvalue weighted by Gasteiger charge is -2.08. The third-order valence-corrected chi connectivity index (χ3v) is 4.63. The summed E-state index contributed by atoms with van der Waals surface area (Å²) < 4.78 is 22.4. The van der Waals surface area contributed by atoms with Gasteiger partial charge in [-0.1, -0.05) is 0 Å². The van der Waals surface area contributed by atoms with Crippen LogP contribution in [0.2, 0.25) is 0 Å². The Kier molecular flexibility index (Phi) is 5.21. The molecule has 2 N–H and O–H groups in total. The fraction of sp³-hybridized carbons (Fsp3) is 0.900. The maximum atomic E-state index is 11.2. The molecule has 0 bridgehead atoms. The number of rotatable bonds is 6. The van der Waals surface area contributed by atoms with E-state index < -0.39 is 9.84 Å². The van der Waals surface area contributed by atoms with E-state index >= 15 is 0 Å². The van der Waals surface area contributed by atoms with Crippen molar-refractivity contribution in [3.05, 3.63) is 0 Å². The molecule has 0 aliphatic carbocycles. The molecule has 1 unspecified atom stereocenters. The zero-order valence-electron chi connectivity index (χ0n) is 9.66. The number of hydrogen-bond donors (Lipinski definition) is 2. The van der Waals surface area contributed by atoms with Crippen molar-refractivity contribution >= 4 is 15.7 Å². The third kappa shape index (κ3) is 4.94. The van der Waals surface area contributed by atoms with Gasteiger partial charge < -0.3 is 10.6 Å². The van der Waals surface area contributed by atoms with E-state index in [0.717, 1.165) is 25.9 Å². The molecule has 0 aromatic carbocycles. The molecular formula is C10H20N2O3S. The molecule has 94 valence electrons. The van der Waals surface area contributed by atoms with Crippen LogP contribution < -0.4 is 10.6 Å². The number of sulfone groups is 1. The Morgan fingerprint density at radius 1 is 1.44 bits per heavy atom. The van der Waals surface area contributed by atoms with Crippen molar-refractivity contribution in [2.75, 3.05) is 31.6 Å². The van der Waals surface area contributed by atoms with Gasteiger partial charge in [-0.2, -0.15) is 0 Å². The zero-order chi connectivity index (χ0) is 12.0. The van der Waals surface area contributed by atoms with Gasteiger partial charge in [-0.25, -0.2) is 8.42 Å². The highest BCUT2D eigenvalue weighted by atomic mass is 32.2. The summed E-state index contributed by atoms with van der Waals surface area (Å²) in [5.74, 6) is 0.947. The van der Waals surface area contributed by atoms with E-state index in [1.165, 1.54) is 0 Å². The lowest BCUT2D eigenvalue weighted by molar-refractivity contribution is -0.120. The first-order valence-corrected chi connectivity index (χ1v) is 7.47. The maximum absolute atomic E-state index is 11.2. The molecule has 0 spiro atoms. The molecule has 0 saturated carbocycles. The second-order valence-electron chi connectivity index (χ2n) is 4.25. The van der Waals surface area contributed by atoms with Gasteiger partial charge in [0, 0.05) is 13.5 Å². The standard InChI is InChI=1S/C10H20N2O3S/c1-11-10(13)3-2-5-12-7-9-4-6-16(14,15)8-9/h9,12H,2-8H2,1H3,(H,11,13). The van der Waals surface area contributed by atoms with Crippen LogP contribution in [0.1, 0.15) is 19.3 Å². The minimum absolute atomic E-state index is 0.0465. The molecule has 1 fully saturated rings. The first-order chi connectivity index (χ1) is 7.53. The molecule has 1 heterocycles. The van der Waals surface area contributed by atoms with Crippen LogP contribution in [-0.2, 0) is 14.6 Å². The maximum Gasteiger partial charge on any atom is 0.219 e. The summed E-state index contributed by atoms with van der Waals surface area (Å²) in [6.45, 7) is 1.51. The Balaban J connectivity index is 2.02. The van der Waals surface area contributed by atoms with Gasteiger partial charge in [0.25, 0.3) is 0 Å². The number of carbonyl (C=O) groups excluding carboxylic acids is 1. The highest BCUT2D eigenvalue weighted by Gasteiger charge is 2.27. The summed E-state index contributed by atoms with van der Waals surface area (Å²) in [7, 11) is -1.14. The first kappa shape index (κ1) is 13.4. The Bertz CT molecular complexity index is 327. The van der Waals surface area contributed by atoms with Crippen molar-refractivity contribution in [3.8, 4) is 0 Å². The molecular weight excluding hydrogens is 228 g/mol. The summed E-state index contributed by atoms with van der Waals surface area (Å²) in [5, 5.41) is 5.76. The normalized spacial score (nSPS) is 23.2. The lowest BCUT2D eigenvalue weighted by atomic mass is 10.1. The molecule has 1 aliphatic heterocycles. The van der Waals surface area contributed by atoms with E-state index in [4.69, 9.17) is 0 Å². The van der Waals surface area contributed by atoms with E-state index in [1.807, 2.05) is 0 Å².